The van der Waals surface area contributed by atoms with E-state index in [1.807, 2.05) is 45.2 Å². The van der Waals surface area contributed by atoms with Crippen molar-refractivity contribution in [1.82, 2.24) is 8.80 Å². The first kappa shape index (κ1) is 25.4. The number of rotatable bonds is 0. The first-order chi connectivity index (χ1) is 20.7. The molecule has 44 heavy (non-hydrogen) atoms. The molecule has 0 radical (unpaired) electrons. The number of pyridine rings is 4. The Morgan fingerprint density at radius 2 is 0.614 bits per heavy atom. The molecule has 9 aromatic rings. The van der Waals surface area contributed by atoms with Gasteiger partial charge in [0.05, 0.1) is 33.1 Å². The normalized spacial score (nSPS) is 13.6. The van der Waals surface area contributed by atoms with E-state index in [2.05, 4.69) is 41.5 Å². The molecular formula is C38H28N2O4. The zero-order chi connectivity index (χ0) is 30.8. The Morgan fingerprint density at radius 1 is 0.364 bits per heavy atom. The Hall–Kier alpha value is -5.10. The molecule has 6 heteroatoms. The molecule has 0 unspecified atom stereocenters. The summed E-state index contributed by atoms with van der Waals surface area (Å²) in [4.78, 5) is 54.6. The summed E-state index contributed by atoms with van der Waals surface area (Å²) in [7, 11) is 0. The number of aromatic nitrogens is 2. The maximum atomic E-state index is 13.6. The van der Waals surface area contributed by atoms with Gasteiger partial charge in [0.25, 0.3) is 0 Å². The van der Waals surface area contributed by atoms with Gasteiger partial charge in [-0.3, -0.25) is 19.2 Å². The van der Waals surface area contributed by atoms with Gasteiger partial charge < -0.3 is 8.80 Å². The highest BCUT2D eigenvalue weighted by Gasteiger charge is 2.25. The molecule has 0 N–H and O–H groups in total. The molecule has 9 rings (SSSR count). The number of fused-ring (bicyclic) bond motifs is 6. The standard InChI is InChI=1S/C38H28N2O4/c1-37(2,3)17-7-23-31(41)13-27-19-11-21-22(12-20(19)28-14-32(42)24(8-17)35(23)39(27)28)30-16-34(44)26-10-18(38(4,5)6)9-25-33(43)15-29(21)40(30)36(25)26/h7-16H,1-6H3. The summed E-state index contributed by atoms with van der Waals surface area (Å²) in [6.45, 7) is 12.4. The van der Waals surface area contributed by atoms with Gasteiger partial charge in [0.2, 0.25) is 0 Å². The molecule has 3 aromatic carbocycles. The van der Waals surface area contributed by atoms with Crippen molar-refractivity contribution in [2.45, 2.75) is 52.4 Å². The summed E-state index contributed by atoms with van der Waals surface area (Å²) in [5, 5.41) is 5.41. The minimum Gasteiger partial charge on any atom is -0.307 e. The lowest BCUT2D eigenvalue weighted by molar-refractivity contribution is 0.591. The van der Waals surface area contributed by atoms with Crippen molar-refractivity contribution < 1.29 is 0 Å². The molecule has 0 aliphatic rings. The van der Waals surface area contributed by atoms with Crippen molar-refractivity contribution >= 4 is 76.2 Å². The molecular weight excluding hydrogens is 548 g/mol. The van der Waals surface area contributed by atoms with E-state index in [1.165, 1.54) is 0 Å². The van der Waals surface area contributed by atoms with Crippen LogP contribution in [0.3, 0.4) is 0 Å². The van der Waals surface area contributed by atoms with Gasteiger partial charge in [-0.25, -0.2) is 0 Å². The zero-order valence-corrected chi connectivity index (χ0v) is 25.3. The zero-order valence-electron chi connectivity index (χ0n) is 25.3. The lowest BCUT2D eigenvalue weighted by Crippen LogP contribution is -2.16. The van der Waals surface area contributed by atoms with Crippen LogP contribution in [0.4, 0.5) is 0 Å². The third kappa shape index (κ3) is 2.95. The van der Waals surface area contributed by atoms with Gasteiger partial charge in [-0.2, -0.15) is 0 Å². The highest BCUT2D eigenvalue weighted by molar-refractivity contribution is 6.23. The topological polar surface area (TPSA) is 77.1 Å². The van der Waals surface area contributed by atoms with E-state index in [9.17, 15) is 19.2 Å². The third-order valence-corrected chi connectivity index (χ3v) is 9.76. The van der Waals surface area contributed by atoms with Gasteiger partial charge >= 0.3 is 0 Å². The largest absolute Gasteiger partial charge is 0.307 e. The smallest absolute Gasteiger partial charge is 0.190 e. The van der Waals surface area contributed by atoms with Gasteiger partial charge in [0, 0.05) is 67.4 Å². The summed E-state index contributed by atoms with van der Waals surface area (Å²) >= 11 is 0. The van der Waals surface area contributed by atoms with Crippen LogP contribution in [0.5, 0.6) is 0 Å². The quantitative estimate of drug-likeness (QED) is 0.197. The summed E-state index contributed by atoms with van der Waals surface area (Å²) in [5.74, 6) is 0. The van der Waals surface area contributed by atoms with Crippen LogP contribution in [0.2, 0.25) is 0 Å². The summed E-state index contributed by atoms with van der Waals surface area (Å²) in [6, 6.07) is 18.3. The molecule has 214 valence electrons. The van der Waals surface area contributed by atoms with Crippen molar-refractivity contribution in [3.05, 3.63) is 113 Å². The molecule has 0 bridgehead atoms. The Balaban J connectivity index is 1.49. The van der Waals surface area contributed by atoms with Crippen LogP contribution >= 0.6 is 0 Å². The Labute approximate surface area is 249 Å². The monoisotopic (exact) mass is 576 g/mol. The fraction of sp³-hybridized carbons (Fsp3) is 0.211. The second-order valence-electron chi connectivity index (χ2n) is 14.5. The lowest BCUT2D eigenvalue weighted by Gasteiger charge is -2.20. The van der Waals surface area contributed by atoms with Crippen LogP contribution in [0.15, 0.2) is 79.8 Å². The Bertz CT molecular complexity index is 2590. The molecule has 0 saturated heterocycles. The highest BCUT2D eigenvalue weighted by Crippen LogP contribution is 2.40. The summed E-state index contributed by atoms with van der Waals surface area (Å²) in [6.07, 6.45) is 0. The molecule has 6 nitrogen and oxygen atoms in total. The number of nitrogens with zero attached hydrogens (tertiary/aromatic N) is 2. The second kappa shape index (κ2) is 7.51. The highest BCUT2D eigenvalue weighted by atomic mass is 16.1. The number of hydrogen-bond acceptors (Lipinski definition) is 4. The SMILES string of the molecule is CC(C)(C)c1cc2c(=O)cc3c4cc5c(cc4c4cc(=O)c(c1)c2n34)c1cc(=O)c2cc(C(C)(C)C)cc3c(=O)cc5n1c32. The second-order valence-corrected chi connectivity index (χ2v) is 14.5. The summed E-state index contributed by atoms with van der Waals surface area (Å²) < 4.78 is 4.06. The first-order valence-electron chi connectivity index (χ1n) is 14.9. The van der Waals surface area contributed by atoms with Gasteiger partial charge in [-0.1, -0.05) is 41.5 Å². The maximum Gasteiger partial charge on any atom is 0.190 e. The van der Waals surface area contributed by atoms with Crippen molar-refractivity contribution in [2.75, 3.05) is 0 Å². The molecule has 0 fully saturated rings. The van der Waals surface area contributed by atoms with E-state index in [4.69, 9.17) is 0 Å². The average molecular weight is 577 g/mol. The van der Waals surface area contributed by atoms with E-state index in [0.717, 1.165) is 54.7 Å². The summed E-state index contributed by atoms with van der Waals surface area (Å²) in [5.41, 5.74) is 5.03. The molecule has 0 saturated carbocycles. The lowest BCUT2D eigenvalue weighted by atomic mass is 9.85. The maximum absolute atomic E-state index is 13.6. The van der Waals surface area contributed by atoms with Gasteiger partial charge in [-0.05, 0) is 58.4 Å². The molecule has 0 atom stereocenters. The third-order valence-electron chi connectivity index (χ3n) is 9.76. The minimum absolute atomic E-state index is 0.132. The van der Waals surface area contributed by atoms with E-state index in [-0.39, 0.29) is 32.5 Å². The molecule has 0 spiro atoms. The number of benzene rings is 3. The van der Waals surface area contributed by atoms with Gasteiger partial charge in [-0.15, -0.1) is 0 Å². The van der Waals surface area contributed by atoms with Crippen LogP contribution in [0.25, 0.3) is 76.2 Å². The van der Waals surface area contributed by atoms with E-state index >= 15 is 0 Å². The van der Waals surface area contributed by atoms with Crippen LogP contribution in [0, 0.1) is 0 Å². The van der Waals surface area contributed by atoms with Crippen molar-refractivity contribution in [2.24, 2.45) is 0 Å². The number of hydrogen-bond donors (Lipinski definition) is 0. The average Bonchev–Trinajstić information content (AvgIpc) is 3.42. The van der Waals surface area contributed by atoms with Gasteiger partial charge in [0.1, 0.15) is 0 Å². The van der Waals surface area contributed by atoms with Crippen LogP contribution in [0.1, 0.15) is 52.7 Å². The fourth-order valence-corrected chi connectivity index (χ4v) is 7.42. The van der Waals surface area contributed by atoms with Crippen molar-refractivity contribution in [3.8, 4) is 0 Å². The first-order valence-corrected chi connectivity index (χ1v) is 14.9. The van der Waals surface area contributed by atoms with Crippen LogP contribution in [-0.4, -0.2) is 8.80 Å². The Kier molecular flexibility index (Phi) is 4.34. The van der Waals surface area contributed by atoms with E-state index in [1.54, 1.807) is 24.3 Å². The fourth-order valence-electron chi connectivity index (χ4n) is 7.42. The Morgan fingerprint density at radius 3 is 0.841 bits per heavy atom. The van der Waals surface area contributed by atoms with E-state index < -0.39 is 0 Å². The predicted octanol–water partition coefficient (Wildman–Crippen LogP) is 6.90. The van der Waals surface area contributed by atoms with Gasteiger partial charge in [0.15, 0.2) is 21.7 Å². The van der Waals surface area contributed by atoms with Crippen LogP contribution < -0.4 is 21.7 Å². The van der Waals surface area contributed by atoms with Crippen LogP contribution in [-0.2, 0) is 10.8 Å². The van der Waals surface area contributed by atoms with Crippen molar-refractivity contribution in [3.63, 3.8) is 0 Å². The molecule has 6 aromatic heterocycles. The molecule has 6 heterocycles. The van der Waals surface area contributed by atoms with Crippen molar-refractivity contribution in [1.29, 1.82) is 0 Å². The molecule has 0 aliphatic carbocycles. The molecule has 0 aliphatic heterocycles. The van der Waals surface area contributed by atoms with E-state index in [0.29, 0.717) is 32.6 Å². The minimum atomic E-state index is -0.232. The molecule has 0 amide bonds. The predicted molar refractivity (Wildman–Crippen MR) is 181 cm³/mol.